The molecule has 0 atom stereocenters. The van der Waals surface area contributed by atoms with Gasteiger partial charge in [-0.15, -0.1) is 0 Å². The van der Waals surface area contributed by atoms with Crippen molar-refractivity contribution >= 4 is 100.0 Å². The molecule has 0 heterocycles. The molecule has 35 heavy (non-hydrogen) atoms. The predicted octanol–water partition coefficient (Wildman–Crippen LogP) is 11.3. The Kier molecular flexibility index (Phi) is 10.3. The fourth-order valence-corrected chi connectivity index (χ4v) is 5.97. The summed E-state index contributed by atoms with van der Waals surface area (Å²) < 4.78 is 59.6. The summed E-state index contributed by atoms with van der Waals surface area (Å²) >= 11 is 25.5. The molecule has 3 rings (SSSR count). The van der Waals surface area contributed by atoms with Gasteiger partial charge in [-0.1, -0.05) is 87.8 Å². The van der Waals surface area contributed by atoms with Crippen LogP contribution < -0.4 is 0 Å². The Labute approximate surface area is 233 Å². The van der Waals surface area contributed by atoms with Crippen LogP contribution in [0.15, 0.2) is 54.6 Å². The van der Waals surface area contributed by atoms with Gasteiger partial charge in [-0.3, -0.25) is 0 Å². The van der Waals surface area contributed by atoms with Crippen LogP contribution in [-0.4, -0.2) is 19.5 Å². The van der Waals surface area contributed by atoms with E-state index < -0.39 is 19.5 Å². The average molecular weight is 748 g/mol. The maximum atomic E-state index is 9.93. The van der Waals surface area contributed by atoms with Crippen molar-refractivity contribution in [1.29, 1.82) is 0 Å². The summed E-state index contributed by atoms with van der Waals surface area (Å²) in [5, 5.41) is 3.35. The second-order valence-electron chi connectivity index (χ2n) is 7.25. The molecule has 14 heteroatoms. The Hall–Kier alpha value is 0.148. The van der Waals surface area contributed by atoms with Crippen molar-refractivity contribution in [2.24, 2.45) is 0 Å². The van der Waals surface area contributed by atoms with Crippen LogP contribution in [0, 0.1) is 0 Å². The van der Waals surface area contributed by atoms with E-state index in [9.17, 15) is 16.9 Å². The number of halogens is 12. The van der Waals surface area contributed by atoms with Gasteiger partial charge in [0, 0.05) is 27.6 Å². The molecule has 0 unspecified atom stereocenters. The summed E-state index contributed by atoms with van der Waals surface area (Å²) in [6.45, 7) is 0. The molecule has 0 aliphatic carbocycles. The van der Waals surface area contributed by atoms with Crippen LogP contribution >= 0.6 is 69.6 Å². The van der Waals surface area contributed by atoms with Gasteiger partial charge in [-0.25, -0.2) is 0 Å². The fourth-order valence-electron chi connectivity index (χ4n) is 2.75. The Balaban J connectivity index is 0.000000540. The summed E-state index contributed by atoms with van der Waals surface area (Å²) in [5.41, 5.74) is 3.41. The Morgan fingerprint density at radius 3 is 0.886 bits per heavy atom. The van der Waals surface area contributed by atoms with E-state index in [4.69, 9.17) is 69.6 Å². The van der Waals surface area contributed by atoms with Gasteiger partial charge in [0.05, 0.1) is 30.1 Å². The van der Waals surface area contributed by atoms with Crippen molar-refractivity contribution in [2.45, 2.75) is 17.3 Å². The first-order valence-electron chi connectivity index (χ1n) is 9.29. The van der Waals surface area contributed by atoms with E-state index in [0.717, 1.165) is 33.9 Å². The van der Waals surface area contributed by atoms with Crippen LogP contribution in [0.1, 0.15) is 16.7 Å². The first kappa shape index (κ1) is 31.4. The zero-order valence-corrected chi connectivity index (χ0v) is 25.1. The van der Waals surface area contributed by atoms with Gasteiger partial charge in [-0.2, -0.15) is 0 Å². The quantitative estimate of drug-likeness (QED) is 0.134. The van der Waals surface area contributed by atoms with E-state index in [1.807, 2.05) is 54.6 Å². The number of rotatable bonds is 6. The van der Waals surface area contributed by atoms with Gasteiger partial charge in [0.15, 0.2) is 0 Å². The van der Waals surface area contributed by atoms with Crippen molar-refractivity contribution in [2.75, 3.05) is 0 Å². The minimum absolute atomic E-state index is 0.0272. The molecular weight excluding hydrogens is 733 g/mol. The normalized spacial score (nSPS) is 13.6. The average Bonchev–Trinajstić information content (AvgIpc) is 2.68. The molecule has 0 spiro atoms. The second-order valence-corrected chi connectivity index (χ2v) is 17.3. The molecule has 0 nitrogen and oxygen atoms in total. The summed E-state index contributed by atoms with van der Waals surface area (Å²) in [4.78, 5) is 0. The molecule has 0 amide bonds. The standard InChI is InChI=1S/C21H15Cl6S.6FH.Sb/c22-16-4-1-13(7-19(16)25)10-28(11-14-2-5-17(23)20(26)8-14)12-15-3-6-18(24)21(27)9-15;;;;;;;/h1-9H,10-12H2;6*1H;/q+1;;;;;;;+5/p-6. The zero-order chi connectivity index (χ0) is 26.7. The summed E-state index contributed by atoms with van der Waals surface area (Å²) in [6.07, 6.45) is 0. The third-order valence-electron chi connectivity index (χ3n) is 4.06. The SMILES string of the molecule is Clc1ccc(C[S+](Cc2ccc(Cl)c(Cl)c2)Cc2ccc(Cl)c(Cl)c2)cc1Cl.[F][Sb-]([F])([F])([F])([F])[F]. The summed E-state index contributed by atoms with van der Waals surface area (Å²) in [7, 11) is -0.0272. The fraction of sp³-hybridized carbons (Fsp3) is 0.143. The van der Waals surface area contributed by atoms with Gasteiger partial charge in [0.25, 0.3) is 0 Å². The molecule has 0 aliphatic heterocycles. The van der Waals surface area contributed by atoms with E-state index in [0.29, 0.717) is 30.1 Å². The van der Waals surface area contributed by atoms with E-state index in [1.54, 1.807) is 0 Å². The number of hydrogen-bond donors (Lipinski definition) is 0. The summed E-state index contributed by atoms with van der Waals surface area (Å²) in [5.74, 6) is 2.58. The van der Waals surface area contributed by atoms with Gasteiger partial charge < -0.3 is 0 Å². The first-order chi connectivity index (χ1) is 15.8. The molecular formula is C21H15Cl6F6SSb. The molecule has 0 fully saturated rings. The van der Waals surface area contributed by atoms with Crippen LogP contribution in [0.4, 0.5) is 16.9 Å². The van der Waals surface area contributed by atoms with Crippen LogP contribution in [0.5, 0.6) is 0 Å². The zero-order valence-electron chi connectivity index (χ0n) is 17.2. The third kappa shape index (κ3) is 13.5. The molecule has 3 aromatic carbocycles. The van der Waals surface area contributed by atoms with Crippen molar-refractivity contribution in [3.05, 3.63) is 101 Å². The van der Waals surface area contributed by atoms with E-state index in [2.05, 4.69) is 0 Å². The number of hydrogen-bond acceptors (Lipinski definition) is 0. The molecule has 0 aromatic heterocycles. The van der Waals surface area contributed by atoms with E-state index in [-0.39, 0.29) is 10.9 Å². The molecule has 0 aliphatic rings. The maximum absolute atomic E-state index is 11.2. The molecule has 194 valence electrons. The van der Waals surface area contributed by atoms with Crippen molar-refractivity contribution in [3.8, 4) is 0 Å². The van der Waals surface area contributed by atoms with E-state index >= 15 is 0 Å². The predicted molar refractivity (Wildman–Crippen MR) is 140 cm³/mol. The molecule has 0 N–H and O–H groups in total. The van der Waals surface area contributed by atoms with Gasteiger partial charge in [0.2, 0.25) is 0 Å². The molecule has 0 bridgehead atoms. The van der Waals surface area contributed by atoms with Crippen LogP contribution in [0.3, 0.4) is 0 Å². The molecule has 0 saturated heterocycles. The minimum atomic E-state index is -11.2. The van der Waals surface area contributed by atoms with Crippen molar-refractivity contribution in [3.63, 3.8) is 0 Å². The Morgan fingerprint density at radius 2 is 0.686 bits per heavy atom. The van der Waals surface area contributed by atoms with Crippen molar-refractivity contribution < 1.29 is 16.9 Å². The topological polar surface area (TPSA) is 0 Å². The molecule has 0 saturated carbocycles. The number of benzene rings is 3. The Bertz CT molecular complexity index is 1070. The second kappa shape index (κ2) is 11.5. The van der Waals surface area contributed by atoms with Crippen molar-refractivity contribution in [1.82, 2.24) is 0 Å². The molecule has 3 aromatic rings. The third-order valence-corrected chi connectivity index (χ3v) is 8.51. The van der Waals surface area contributed by atoms with Crippen LogP contribution in [-0.2, 0) is 28.2 Å². The summed E-state index contributed by atoms with van der Waals surface area (Å²) in [6, 6.07) is 17.3. The van der Waals surface area contributed by atoms with Gasteiger partial charge >= 0.3 is 36.4 Å². The van der Waals surface area contributed by atoms with E-state index in [1.165, 1.54) is 0 Å². The van der Waals surface area contributed by atoms with Crippen LogP contribution in [0.25, 0.3) is 0 Å². The Morgan fingerprint density at radius 1 is 0.457 bits per heavy atom. The van der Waals surface area contributed by atoms with Gasteiger partial charge in [-0.05, 0) is 36.4 Å². The molecule has 0 radical (unpaired) electrons. The van der Waals surface area contributed by atoms with Gasteiger partial charge in [0.1, 0.15) is 17.3 Å². The van der Waals surface area contributed by atoms with Crippen LogP contribution in [0.2, 0.25) is 30.1 Å². The monoisotopic (exact) mass is 744 g/mol. The first-order valence-corrected chi connectivity index (χ1v) is 19.1.